The first-order valence-electron chi connectivity index (χ1n) is 9.75. The average Bonchev–Trinajstić information content (AvgIpc) is 3.01. The maximum absolute atomic E-state index is 13.1. The molecular formula is C23H25N3O3. The normalized spacial score (nSPS) is 15.2. The molecule has 1 aliphatic heterocycles. The lowest BCUT2D eigenvalue weighted by Gasteiger charge is -2.29. The molecule has 6 heteroatoms. The molecule has 1 atom stereocenters. The van der Waals surface area contributed by atoms with Gasteiger partial charge in [-0.3, -0.25) is 9.48 Å². The Bertz CT molecular complexity index is 1010. The first-order valence-corrected chi connectivity index (χ1v) is 9.75. The van der Waals surface area contributed by atoms with Gasteiger partial charge in [-0.25, -0.2) is 0 Å². The standard InChI is InChI=1S/C23H25N3O3/c1-16-22(17(2)26(24-16)13-18-9-5-4-6-10-18)23(27)25(3)14-19-15-28-20-11-7-8-12-21(20)29-19/h4-12,19H,13-15H2,1-3H3. The maximum atomic E-state index is 13.1. The molecule has 1 aromatic heterocycles. The quantitative estimate of drug-likeness (QED) is 0.668. The van der Waals surface area contributed by atoms with Crippen molar-refractivity contribution in [1.29, 1.82) is 0 Å². The van der Waals surface area contributed by atoms with Crippen LogP contribution >= 0.6 is 0 Å². The Morgan fingerprint density at radius 2 is 1.79 bits per heavy atom. The molecule has 0 saturated heterocycles. The van der Waals surface area contributed by atoms with E-state index in [0.717, 1.165) is 22.7 Å². The van der Waals surface area contributed by atoms with E-state index < -0.39 is 0 Å². The van der Waals surface area contributed by atoms with E-state index in [1.807, 2.05) is 61.0 Å². The largest absolute Gasteiger partial charge is 0.486 e. The van der Waals surface area contributed by atoms with Crippen molar-refractivity contribution in [3.63, 3.8) is 0 Å². The van der Waals surface area contributed by atoms with Crippen molar-refractivity contribution >= 4 is 5.91 Å². The summed E-state index contributed by atoms with van der Waals surface area (Å²) in [4.78, 5) is 14.8. The molecule has 1 aliphatic rings. The summed E-state index contributed by atoms with van der Waals surface area (Å²) >= 11 is 0. The van der Waals surface area contributed by atoms with Crippen LogP contribution in [0.5, 0.6) is 11.5 Å². The van der Waals surface area contributed by atoms with Crippen molar-refractivity contribution in [2.45, 2.75) is 26.5 Å². The van der Waals surface area contributed by atoms with Gasteiger partial charge in [-0.15, -0.1) is 0 Å². The first-order chi connectivity index (χ1) is 14.0. The van der Waals surface area contributed by atoms with Gasteiger partial charge >= 0.3 is 0 Å². The summed E-state index contributed by atoms with van der Waals surface area (Å²) in [5, 5.41) is 4.60. The highest BCUT2D eigenvalue weighted by Gasteiger charge is 2.27. The number of ether oxygens (including phenoxy) is 2. The lowest BCUT2D eigenvalue weighted by molar-refractivity contribution is 0.0520. The maximum Gasteiger partial charge on any atom is 0.257 e. The number of benzene rings is 2. The van der Waals surface area contributed by atoms with E-state index in [4.69, 9.17) is 9.47 Å². The van der Waals surface area contributed by atoms with E-state index in [0.29, 0.717) is 31.0 Å². The van der Waals surface area contributed by atoms with Crippen molar-refractivity contribution in [3.05, 3.63) is 77.1 Å². The smallest absolute Gasteiger partial charge is 0.257 e. The Hall–Kier alpha value is -3.28. The minimum atomic E-state index is -0.209. The molecule has 0 aliphatic carbocycles. The molecule has 29 heavy (non-hydrogen) atoms. The van der Waals surface area contributed by atoms with Gasteiger partial charge in [0.15, 0.2) is 17.6 Å². The summed E-state index contributed by atoms with van der Waals surface area (Å²) in [7, 11) is 1.79. The van der Waals surface area contributed by atoms with Gasteiger partial charge in [-0.1, -0.05) is 42.5 Å². The van der Waals surface area contributed by atoms with Crippen molar-refractivity contribution in [3.8, 4) is 11.5 Å². The van der Waals surface area contributed by atoms with Gasteiger partial charge in [0.1, 0.15) is 6.61 Å². The number of aryl methyl sites for hydroxylation is 1. The third-order valence-electron chi connectivity index (χ3n) is 5.16. The van der Waals surface area contributed by atoms with Crippen LogP contribution in [0.25, 0.3) is 0 Å². The molecule has 1 unspecified atom stereocenters. The predicted octanol–water partition coefficient (Wildman–Crippen LogP) is 3.46. The second-order valence-electron chi connectivity index (χ2n) is 7.37. The summed E-state index contributed by atoms with van der Waals surface area (Å²) in [5.74, 6) is 1.40. The number of para-hydroxylation sites is 2. The topological polar surface area (TPSA) is 56.6 Å². The predicted molar refractivity (Wildman–Crippen MR) is 111 cm³/mol. The molecule has 4 rings (SSSR count). The molecule has 1 amide bonds. The molecule has 6 nitrogen and oxygen atoms in total. The third-order valence-corrected chi connectivity index (χ3v) is 5.16. The molecule has 0 bridgehead atoms. The molecule has 2 aromatic carbocycles. The zero-order valence-electron chi connectivity index (χ0n) is 17.0. The minimum Gasteiger partial charge on any atom is -0.486 e. The van der Waals surface area contributed by atoms with Crippen LogP contribution in [0, 0.1) is 13.8 Å². The molecule has 0 saturated carbocycles. The Kier molecular flexibility index (Phi) is 5.25. The molecule has 0 spiro atoms. The van der Waals surface area contributed by atoms with Crippen molar-refractivity contribution in [1.82, 2.24) is 14.7 Å². The number of nitrogens with zero attached hydrogens (tertiary/aromatic N) is 3. The Morgan fingerprint density at radius 3 is 2.55 bits per heavy atom. The van der Waals surface area contributed by atoms with E-state index in [1.165, 1.54) is 0 Å². The minimum absolute atomic E-state index is 0.0539. The van der Waals surface area contributed by atoms with E-state index in [2.05, 4.69) is 17.2 Å². The van der Waals surface area contributed by atoms with E-state index in [-0.39, 0.29) is 12.0 Å². The number of carbonyl (C=O) groups excluding carboxylic acids is 1. The van der Waals surface area contributed by atoms with E-state index >= 15 is 0 Å². The van der Waals surface area contributed by atoms with Crippen LogP contribution in [-0.4, -0.2) is 46.9 Å². The van der Waals surface area contributed by atoms with Gasteiger partial charge in [0.25, 0.3) is 5.91 Å². The number of hydrogen-bond acceptors (Lipinski definition) is 4. The third kappa shape index (κ3) is 3.97. The lowest BCUT2D eigenvalue weighted by atomic mass is 10.1. The number of fused-ring (bicyclic) bond motifs is 1. The van der Waals surface area contributed by atoms with Crippen molar-refractivity contribution in [2.24, 2.45) is 0 Å². The fourth-order valence-electron chi connectivity index (χ4n) is 3.65. The molecule has 0 N–H and O–H groups in total. The van der Waals surface area contributed by atoms with Crippen LogP contribution in [-0.2, 0) is 6.54 Å². The molecular weight excluding hydrogens is 366 g/mol. The number of aromatic nitrogens is 2. The first kappa shape index (κ1) is 19.1. The second-order valence-corrected chi connectivity index (χ2v) is 7.37. The van der Waals surface area contributed by atoms with Crippen LogP contribution in [0.2, 0.25) is 0 Å². The highest BCUT2D eigenvalue weighted by atomic mass is 16.6. The number of likely N-dealkylation sites (N-methyl/N-ethyl adjacent to an activating group) is 1. The summed E-state index contributed by atoms with van der Waals surface area (Å²) in [5.41, 5.74) is 3.41. The number of rotatable bonds is 5. The molecule has 2 heterocycles. The summed E-state index contributed by atoms with van der Waals surface area (Å²) in [6.07, 6.45) is -0.209. The highest BCUT2D eigenvalue weighted by Crippen LogP contribution is 2.31. The van der Waals surface area contributed by atoms with Gasteiger partial charge in [0.2, 0.25) is 0 Å². The SMILES string of the molecule is Cc1nn(Cc2ccccc2)c(C)c1C(=O)N(C)CC1COc2ccccc2O1. The molecule has 0 fully saturated rings. The van der Waals surface area contributed by atoms with Gasteiger partial charge in [0.05, 0.1) is 24.3 Å². The zero-order chi connectivity index (χ0) is 20.4. The zero-order valence-corrected chi connectivity index (χ0v) is 17.0. The summed E-state index contributed by atoms with van der Waals surface area (Å²) in [6, 6.07) is 17.7. The monoisotopic (exact) mass is 391 g/mol. The summed E-state index contributed by atoms with van der Waals surface area (Å²) < 4.78 is 13.6. The number of amides is 1. The van der Waals surface area contributed by atoms with Crippen LogP contribution in [0.15, 0.2) is 54.6 Å². The number of hydrogen-bond donors (Lipinski definition) is 0. The Morgan fingerprint density at radius 1 is 1.10 bits per heavy atom. The van der Waals surface area contributed by atoms with Crippen LogP contribution in [0.3, 0.4) is 0 Å². The van der Waals surface area contributed by atoms with E-state index in [9.17, 15) is 4.79 Å². The molecule has 3 aromatic rings. The fraction of sp³-hybridized carbons (Fsp3) is 0.304. The highest BCUT2D eigenvalue weighted by molar-refractivity contribution is 5.96. The molecule has 0 radical (unpaired) electrons. The average molecular weight is 391 g/mol. The Balaban J connectivity index is 1.46. The van der Waals surface area contributed by atoms with Crippen molar-refractivity contribution in [2.75, 3.05) is 20.2 Å². The Labute approximate surface area is 170 Å². The van der Waals surface area contributed by atoms with Crippen LogP contribution in [0.1, 0.15) is 27.3 Å². The molecule has 150 valence electrons. The van der Waals surface area contributed by atoms with Gasteiger partial charge < -0.3 is 14.4 Å². The van der Waals surface area contributed by atoms with Crippen LogP contribution in [0.4, 0.5) is 0 Å². The van der Waals surface area contributed by atoms with Gasteiger partial charge in [0, 0.05) is 12.7 Å². The van der Waals surface area contributed by atoms with Crippen molar-refractivity contribution < 1.29 is 14.3 Å². The second kappa shape index (κ2) is 7.99. The van der Waals surface area contributed by atoms with Gasteiger partial charge in [-0.05, 0) is 31.5 Å². The van der Waals surface area contributed by atoms with E-state index in [1.54, 1.807) is 11.9 Å². The fourth-order valence-corrected chi connectivity index (χ4v) is 3.65. The lowest BCUT2D eigenvalue weighted by Crippen LogP contribution is -2.42. The summed E-state index contributed by atoms with van der Waals surface area (Å²) in [6.45, 7) is 5.32. The van der Waals surface area contributed by atoms with Gasteiger partial charge in [-0.2, -0.15) is 5.10 Å². The number of carbonyl (C=O) groups is 1. The van der Waals surface area contributed by atoms with Crippen LogP contribution < -0.4 is 9.47 Å².